The summed E-state index contributed by atoms with van der Waals surface area (Å²) in [5.74, 6) is 0.629. The van der Waals surface area contributed by atoms with Crippen molar-refractivity contribution in [3.63, 3.8) is 0 Å². The molecule has 0 N–H and O–H groups in total. The van der Waals surface area contributed by atoms with Crippen LogP contribution in [0.4, 0.5) is 0 Å². The Bertz CT molecular complexity index is 1840. The van der Waals surface area contributed by atoms with Crippen LogP contribution in [-0.2, 0) is 0 Å². The van der Waals surface area contributed by atoms with Crippen LogP contribution >= 0.6 is 0 Å². The van der Waals surface area contributed by atoms with Crippen LogP contribution in [0.3, 0.4) is 0 Å². The molecule has 0 fully saturated rings. The van der Waals surface area contributed by atoms with E-state index in [4.69, 9.17) is 19.4 Å². The van der Waals surface area contributed by atoms with Crippen LogP contribution in [0, 0.1) is 0 Å². The molecular formula is C31H19N3O. The number of hydrogen-bond donors (Lipinski definition) is 0. The molecule has 0 aliphatic carbocycles. The van der Waals surface area contributed by atoms with Crippen LogP contribution in [0.2, 0.25) is 0 Å². The fraction of sp³-hybridized carbons (Fsp3) is 0. The van der Waals surface area contributed by atoms with Crippen molar-refractivity contribution in [2.45, 2.75) is 0 Å². The van der Waals surface area contributed by atoms with Gasteiger partial charge in [-0.25, -0.2) is 15.0 Å². The second-order valence-electron chi connectivity index (χ2n) is 8.51. The Hall–Kier alpha value is -4.83. The maximum Gasteiger partial charge on any atom is 0.227 e. The Morgan fingerprint density at radius 1 is 0.457 bits per heavy atom. The largest absolute Gasteiger partial charge is 0.435 e. The zero-order valence-corrected chi connectivity index (χ0v) is 18.7. The van der Waals surface area contributed by atoms with Crippen LogP contribution in [0.15, 0.2) is 120 Å². The van der Waals surface area contributed by atoms with Gasteiger partial charge in [-0.1, -0.05) is 72.8 Å². The molecule has 0 spiro atoms. The number of hydrogen-bond acceptors (Lipinski definition) is 4. The first kappa shape index (κ1) is 19.6. The Morgan fingerprint density at radius 3 is 1.80 bits per heavy atom. The number of benzene rings is 5. The molecule has 0 unspecified atom stereocenters. The van der Waals surface area contributed by atoms with Crippen molar-refractivity contribution in [2.24, 2.45) is 0 Å². The van der Waals surface area contributed by atoms with Gasteiger partial charge in [-0.3, -0.25) is 0 Å². The van der Waals surface area contributed by atoms with Gasteiger partial charge in [0.1, 0.15) is 5.52 Å². The van der Waals surface area contributed by atoms with E-state index in [-0.39, 0.29) is 0 Å². The normalized spacial score (nSPS) is 11.4. The molecule has 0 saturated heterocycles. The number of oxazole rings is 1. The number of rotatable bonds is 3. The highest BCUT2D eigenvalue weighted by molar-refractivity contribution is 6.05. The van der Waals surface area contributed by atoms with Gasteiger partial charge in [0, 0.05) is 22.1 Å². The monoisotopic (exact) mass is 449 g/mol. The first-order valence-corrected chi connectivity index (χ1v) is 11.5. The van der Waals surface area contributed by atoms with Crippen LogP contribution in [0.5, 0.6) is 0 Å². The summed E-state index contributed by atoms with van der Waals surface area (Å²) >= 11 is 0. The standard InChI is InChI=1S/C31H19N3O/c1-3-9-20(10-4-1)28-29(33-26-14-8-7-13-25(26)32-28)23-15-17-24-22(19-23)16-18-27-30(24)35-31(34-27)21-11-5-2-6-12-21/h1-19H. The topological polar surface area (TPSA) is 51.8 Å². The van der Waals surface area contributed by atoms with Gasteiger partial charge in [-0.2, -0.15) is 0 Å². The Labute approximate surface area is 201 Å². The van der Waals surface area contributed by atoms with Gasteiger partial charge in [-0.05, 0) is 47.9 Å². The lowest BCUT2D eigenvalue weighted by atomic mass is 10.00. The van der Waals surface area contributed by atoms with Crippen molar-refractivity contribution in [2.75, 3.05) is 0 Å². The maximum atomic E-state index is 6.22. The van der Waals surface area contributed by atoms with E-state index < -0.39 is 0 Å². The summed E-state index contributed by atoms with van der Waals surface area (Å²) in [5, 5.41) is 2.09. The summed E-state index contributed by atoms with van der Waals surface area (Å²) in [6, 6.07) is 38.7. The summed E-state index contributed by atoms with van der Waals surface area (Å²) in [6.45, 7) is 0. The van der Waals surface area contributed by atoms with Gasteiger partial charge in [-0.15, -0.1) is 0 Å². The highest BCUT2D eigenvalue weighted by Gasteiger charge is 2.16. The molecule has 0 saturated carbocycles. The fourth-order valence-corrected chi connectivity index (χ4v) is 4.56. The van der Waals surface area contributed by atoms with Crippen molar-refractivity contribution in [1.29, 1.82) is 0 Å². The summed E-state index contributed by atoms with van der Waals surface area (Å²) in [6.07, 6.45) is 0. The molecular weight excluding hydrogens is 430 g/mol. The Morgan fingerprint density at radius 2 is 1.09 bits per heavy atom. The molecule has 4 nitrogen and oxygen atoms in total. The summed E-state index contributed by atoms with van der Waals surface area (Å²) in [5.41, 5.74) is 8.15. The summed E-state index contributed by atoms with van der Waals surface area (Å²) in [4.78, 5) is 14.7. The molecule has 7 aromatic rings. The quantitative estimate of drug-likeness (QED) is 0.275. The average molecular weight is 450 g/mol. The molecule has 2 aromatic heterocycles. The third-order valence-corrected chi connectivity index (χ3v) is 6.28. The highest BCUT2D eigenvalue weighted by atomic mass is 16.3. The van der Waals surface area contributed by atoms with Gasteiger partial charge < -0.3 is 4.42 Å². The molecule has 0 aliphatic heterocycles. The number of aromatic nitrogens is 3. The summed E-state index contributed by atoms with van der Waals surface area (Å²) in [7, 11) is 0. The van der Waals surface area contributed by atoms with E-state index in [1.807, 2.05) is 78.9 Å². The Balaban J connectivity index is 1.42. The highest BCUT2D eigenvalue weighted by Crippen LogP contribution is 2.35. The molecule has 4 heteroatoms. The van der Waals surface area contributed by atoms with Gasteiger partial charge in [0.15, 0.2) is 5.58 Å². The van der Waals surface area contributed by atoms with Crippen molar-refractivity contribution >= 4 is 32.9 Å². The third-order valence-electron chi connectivity index (χ3n) is 6.28. The maximum absolute atomic E-state index is 6.22. The van der Waals surface area contributed by atoms with E-state index >= 15 is 0 Å². The molecule has 2 heterocycles. The van der Waals surface area contributed by atoms with Crippen molar-refractivity contribution in [3.05, 3.63) is 115 Å². The van der Waals surface area contributed by atoms with Crippen molar-refractivity contribution in [3.8, 4) is 34.0 Å². The molecule has 0 aliphatic rings. The summed E-state index contributed by atoms with van der Waals surface area (Å²) < 4.78 is 6.22. The smallest absolute Gasteiger partial charge is 0.227 e. The van der Waals surface area contributed by atoms with E-state index in [1.165, 1.54) is 0 Å². The lowest BCUT2D eigenvalue weighted by molar-refractivity contribution is 0.623. The fourth-order valence-electron chi connectivity index (χ4n) is 4.56. The van der Waals surface area contributed by atoms with Gasteiger partial charge >= 0.3 is 0 Å². The second-order valence-corrected chi connectivity index (χ2v) is 8.51. The van der Waals surface area contributed by atoms with E-state index in [0.29, 0.717) is 5.89 Å². The third kappa shape index (κ3) is 3.35. The number of fused-ring (bicyclic) bond motifs is 4. The molecule has 5 aromatic carbocycles. The van der Waals surface area contributed by atoms with E-state index in [9.17, 15) is 0 Å². The average Bonchev–Trinajstić information content (AvgIpc) is 3.38. The predicted molar refractivity (Wildman–Crippen MR) is 141 cm³/mol. The first-order chi connectivity index (χ1) is 17.3. The van der Waals surface area contributed by atoms with Crippen molar-refractivity contribution in [1.82, 2.24) is 15.0 Å². The predicted octanol–water partition coefficient (Wildman–Crippen LogP) is 7.93. The number of nitrogens with zero attached hydrogens (tertiary/aromatic N) is 3. The zero-order valence-electron chi connectivity index (χ0n) is 18.7. The lowest BCUT2D eigenvalue weighted by Gasteiger charge is -2.11. The van der Waals surface area contributed by atoms with E-state index in [0.717, 1.165) is 61.0 Å². The molecule has 164 valence electrons. The van der Waals surface area contributed by atoms with Crippen LogP contribution < -0.4 is 0 Å². The van der Waals surface area contributed by atoms with Crippen LogP contribution in [0.25, 0.3) is 66.9 Å². The minimum absolute atomic E-state index is 0.629. The lowest BCUT2D eigenvalue weighted by Crippen LogP contribution is -1.95. The van der Waals surface area contributed by atoms with Crippen LogP contribution in [-0.4, -0.2) is 15.0 Å². The number of para-hydroxylation sites is 2. The van der Waals surface area contributed by atoms with E-state index in [1.54, 1.807) is 0 Å². The molecule has 0 amide bonds. The van der Waals surface area contributed by atoms with Crippen LogP contribution in [0.1, 0.15) is 0 Å². The Kier molecular flexibility index (Phi) is 4.42. The molecule has 0 radical (unpaired) electrons. The molecule has 35 heavy (non-hydrogen) atoms. The minimum atomic E-state index is 0.629. The van der Waals surface area contributed by atoms with Crippen molar-refractivity contribution < 1.29 is 4.42 Å². The van der Waals surface area contributed by atoms with Gasteiger partial charge in [0.05, 0.1) is 22.4 Å². The minimum Gasteiger partial charge on any atom is -0.435 e. The molecule has 0 bridgehead atoms. The zero-order chi connectivity index (χ0) is 23.2. The molecule has 0 atom stereocenters. The SMILES string of the molecule is c1ccc(-c2nc3ccc4cc(-c5nc6ccccc6nc5-c5ccccc5)ccc4c3o2)cc1. The molecule has 7 rings (SSSR count). The van der Waals surface area contributed by atoms with E-state index in [2.05, 4.69) is 36.4 Å². The van der Waals surface area contributed by atoms with Gasteiger partial charge in [0.2, 0.25) is 5.89 Å². The second kappa shape index (κ2) is 7.89. The first-order valence-electron chi connectivity index (χ1n) is 11.5. The van der Waals surface area contributed by atoms with Gasteiger partial charge in [0.25, 0.3) is 0 Å².